The lowest BCUT2D eigenvalue weighted by Gasteiger charge is -2.33. The molecule has 3 aromatic rings. The van der Waals surface area contributed by atoms with Crippen molar-refractivity contribution in [2.45, 2.75) is 37.9 Å². The van der Waals surface area contributed by atoms with Crippen LogP contribution in [-0.4, -0.2) is 44.7 Å². The second-order valence-electron chi connectivity index (χ2n) is 8.12. The number of imidazole rings is 1. The molecule has 4 rings (SSSR count). The Morgan fingerprint density at radius 3 is 2.47 bits per heavy atom. The second kappa shape index (κ2) is 9.20. The minimum atomic E-state index is -0.692. The average Bonchev–Trinajstić information content (AvgIpc) is 3.17. The fraction of sp³-hybridized carbons (Fsp3) is 0.435. The molecule has 1 aliphatic heterocycles. The lowest BCUT2D eigenvalue weighted by molar-refractivity contribution is 0.0519. The Balaban J connectivity index is 1.23. The number of aliphatic hydroxyl groups excluding tert-OH is 2. The molecule has 2 atom stereocenters. The van der Waals surface area contributed by atoms with E-state index in [0.29, 0.717) is 17.8 Å². The van der Waals surface area contributed by atoms with Gasteiger partial charge in [-0.3, -0.25) is 0 Å². The Morgan fingerprint density at radius 1 is 1.03 bits per heavy atom. The molecular weight excluding hydrogens is 388 g/mol. The van der Waals surface area contributed by atoms with Gasteiger partial charge in [0.1, 0.15) is 23.6 Å². The third-order valence-electron chi connectivity index (χ3n) is 6.03. The van der Waals surface area contributed by atoms with Gasteiger partial charge in [0.25, 0.3) is 0 Å². The van der Waals surface area contributed by atoms with Gasteiger partial charge in [-0.25, -0.2) is 13.8 Å². The highest BCUT2D eigenvalue weighted by molar-refractivity contribution is 5.75. The third kappa shape index (κ3) is 4.86. The molecule has 1 aromatic heterocycles. The molecule has 7 heteroatoms. The highest BCUT2D eigenvalue weighted by Crippen LogP contribution is 2.31. The molecule has 0 radical (unpaired) electrons. The standard InChI is InChI=1S/C23H27F2N3O2/c24-17-5-3-15(4-6-17)21(29)2-1-11-28-12-9-16(10-13-28)22(30)23-26-19-8-7-18(25)14-20(19)27-23/h3-8,14,16,21-22,29-30H,1-2,9-13H2,(H,26,27). The summed E-state index contributed by atoms with van der Waals surface area (Å²) in [6, 6.07) is 10.4. The first-order valence-corrected chi connectivity index (χ1v) is 10.5. The predicted octanol–water partition coefficient (Wildman–Crippen LogP) is 4.10. The Bertz CT molecular complexity index is 968. The van der Waals surface area contributed by atoms with Gasteiger partial charge in [0.2, 0.25) is 0 Å². The highest BCUT2D eigenvalue weighted by atomic mass is 19.1. The monoisotopic (exact) mass is 415 g/mol. The lowest BCUT2D eigenvalue weighted by Crippen LogP contribution is -2.36. The van der Waals surface area contributed by atoms with E-state index < -0.39 is 12.2 Å². The molecule has 1 saturated heterocycles. The zero-order chi connectivity index (χ0) is 21.1. The maximum atomic E-state index is 13.4. The van der Waals surface area contributed by atoms with Crippen LogP contribution in [0.15, 0.2) is 42.5 Å². The first-order chi connectivity index (χ1) is 14.5. The molecule has 1 fully saturated rings. The van der Waals surface area contributed by atoms with E-state index in [1.807, 2.05) is 0 Å². The Hall–Kier alpha value is -2.35. The summed E-state index contributed by atoms with van der Waals surface area (Å²) < 4.78 is 26.3. The van der Waals surface area contributed by atoms with Gasteiger partial charge in [0, 0.05) is 6.07 Å². The number of halogens is 2. The number of hydrogen-bond donors (Lipinski definition) is 3. The molecule has 0 amide bonds. The van der Waals surface area contributed by atoms with Crippen molar-refractivity contribution in [3.63, 3.8) is 0 Å². The van der Waals surface area contributed by atoms with Crippen molar-refractivity contribution in [3.8, 4) is 0 Å². The van der Waals surface area contributed by atoms with Crippen LogP contribution >= 0.6 is 0 Å². The van der Waals surface area contributed by atoms with E-state index in [0.717, 1.165) is 50.0 Å². The quantitative estimate of drug-likeness (QED) is 0.543. The molecule has 0 spiro atoms. The number of aromatic amines is 1. The number of H-pyrrole nitrogens is 1. The summed E-state index contributed by atoms with van der Waals surface area (Å²) in [4.78, 5) is 9.81. The number of nitrogens with zero attached hydrogens (tertiary/aromatic N) is 2. The summed E-state index contributed by atoms with van der Waals surface area (Å²) in [6.07, 6.45) is 1.91. The number of hydrogen-bond acceptors (Lipinski definition) is 4. The van der Waals surface area contributed by atoms with Crippen LogP contribution in [0.3, 0.4) is 0 Å². The van der Waals surface area contributed by atoms with Crippen molar-refractivity contribution in [2.24, 2.45) is 5.92 Å². The summed E-state index contributed by atoms with van der Waals surface area (Å²) >= 11 is 0. The fourth-order valence-corrected chi connectivity index (χ4v) is 4.21. The van der Waals surface area contributed by atoms with E-state index in [1.165, 1.54) is 24.3 Å². The zero-order valence-corrected chi connectivity index (χ0v) is 16.8. The summed E-state index contributed by atoms with van der Waals surface area (Å²) in [5, 5.41) is 21.0. The van der Waals surface area contributed by atoms with Gasteiger partial charge in [0.05, 0.1) is 17.1 Å². The minimum absolute atomic E-state index is 0.108. The number of aromatic nitrogens is 2. The first kappa shape index (κ1) is 20.9. The van der Waals surface area contributed by atoms with E-state index in [4.69, 9.17) is 0 Å². The molecule has 0 bridgehead atoms. The van der Waals surface area contributed by atoms with Crippen LogP contribution < -0.4 is 0 Å². The van der Waals surface area contributed by atoms with Crippen LogP contribution in [0.25, 0.3) is 11.0 Å². The number of piperidine rings is 1. The molecule has 160 valence electrons. The number of rotatable bonds is 7. The largest absolute Gasteiger partial charge is 0.388 e. The van der Waals surface area contributed by atoms with E-state index in [9.17, 15) is 19.0 Å². The van der Waals surface area contributed by atoms with Crippen molar-refractivity contribution < 1.29 is 19.0 Å². The van der Waals surface area contributed by atoms with Crippen LogP contribution in [0, 0.1) is 17.6 Å². The first-order valence-electron chi connectivity index (χ1n) is 10.5. The highest BCUT2D eigenvalue weighted by Gasteiger charge is 2.28. The zero-order valence-electron chi connectivity index (χ0n) is 16.8. The maximum Gasteiger partial charge on any atom is 0.136 e. The van der Waals surface area contributed by atoms with Gasteiger partial charge in [-0.2, -0.15) is 0 Å². The topological polar surface area (TPSA) is 72.4 Å². The SMILES string of the molecule is OC(CCCN1CCC(C(O)c2nc3cc(F)ccc3[nH]2)CC1)c1ccc(F)cc1. The predicted molar refractivity (Wildman–Crippen MR) is 111 cm³/mol. The van der Waals surface area contributed by atoms with Crippen molar-refractivity contribution >= 4 is 11.0 Å². The molecule has 2 unspecified atom stereocenters. The molecule has 3 N–H and O–H groups in total. The van der Waals surface area contributed by atoms with Crippen LogP contribution in [-0.2, 0) is 0 Å². The third-order valence-corrected chi connectivity index (χ3v) is 6.03. The van der Waals surface area contributed by atoms with Gasteiger partial charge in [-0.15, -0.1) is 0 Å². The van der Waals surface area contributed by atoms with Crippen LogP contribution in [0.5, 0.6) is 0 Å². The number of benzene rings is 2. The molecule has 2 heterocycles. The van der Waals surface area contributed by atoms with E-state index in [2.05, 4.69) is 14.9 Å². The van der Waals surface area contributed by atoms with Crippen LogP contribution in [0.1, 0.15) is 49.3 Å². The van der Waals surface area contributed by atoms with Gasteiger partial charge >= 0.3 is 0 Å². The lowest BCUT2D eigenvalue weighted by atomic mass is 9.90. The normalized spacial score (nSPS) is 18.0. The Kier molecular flexibility index (Phi) is 6.41. The van der Waals surface area contributed by atoms with Gasteiger partial charge < -0.3 is 20.1 Å². The minimum Gasteiger partial charge on any atom is -0.388 e. The van der Waals surface area contributed by atoms with Crippen molar-refractivity contribution in [2.75, 3.05) is 19.6 Å². The van der Waals surface area contributed by atoms with Crippen molar-refractivity contribution in [3.05, 3.63) is 65.5 Å². The molecule has 0 aliphatic carbocycles. The molecular formula is C23H27F2N3O2. The van der Waals surface area contributed by atoms with Crippen LogP contribution in [0.4, 0.5) is 8.78 Å². The summed E-state index contributed by atoms with van der Waals surface area (Å²) in [6.45, 7) is 2.64. The average molecular weight is 415 g/mol. The smallest absolute Gasteiger partial charge is 0.136 e. The molecule has 30 heavy (non-hydrogen) atoms. The van der Waals surface area contributed by atoms with Crippen molar-refractivity contribution in [1.29, 1.82) is 0 Å². The molecule has 5 nitrogen and oxygen atoms in total. The molecule has 1 aliphatic rings. The molecule has 0 saturated carbocycles. The van der Waals surface area contributed by atoms with Gasteiger partial charge in [-0.1, -0.05) is 12.1 Å². The second-order valence-corrected chi connectivity index (χ2v) is 8.12. The summed E-state index contributed by atoms with van der Waals surface area (Å²) in [5.74, 6) is -0.0355. The number of aliphatic hydroxyl groups is 2. The summed E-state index contributed by atoms with van der Waals surface area (Å²) in [5.41, 5.74) is 1.99. The van der Waals surface area contributed by atoms with E-state index in [-0.39, 0.29) is 17.6 Å². The fourth-order valence-electron chi connectivity index (χ4n) is 4.21. The Labute approximate surface area is 174 Å². The number of likely N-dealkylation sites (tertiary alicyclic amines) is 1. The van der Waals surface area contributed by atoms with Gasteiger partial charge in [-0.05, 0) is 81.1 Å². The van der Waals surface area contributed by atoms with E-state index in [1.54, 1.807) is 18.2 Å². The van der Waals surface area contributed by atoms with E-state index >= 15 is 0 Å². The molecule has 2 aromatic carbocycles. The maximum absolute atomic E-state index is 13.4. The number of nitrogens with one attached hydrogen (secondary N) is 1. The van der Waals surface area contributed by atoms with Crippen molar-refractivity contribution in [1.82, 2.24) is 14.9 Å². The number of fused-ring (bicyclic) bond motifs is 1. The van der Waals surface area contributed by atoms with Gasteiger partial charge in [0.15, 0.2) is 0 Å². The summed E-state index contributed by atoms with van der Waals surface area (Å²) in [7, 11) is 0. The van der Waals surface area contributed by atoms with Crippen LogP contribution in [0.2, 0.25) is 0 Å². The Morgan fingerprint density at radius 2 is 1.73 bits per heavy atom.